The van der Waals surface area contributed by atoms with Gasteiger partial charge in [0.25, 0.3) is 11.8 Å². The van der Waals surface area contributed by atoms with Gasteiger partial charge in [0.2, 0.25) is 0 Å². The molecule has 4 rings (SSSR count). The summed E-state index contributed by atoms with van der Waals surface area (Å²) in [5.41, 5.74) is -4.99. The summed E-state index contributed by atoms with van der Waals surface area (Å²) in [5.74, 6) is -3.86. The number of hydrogen-bond donors (Lipinski definition) is 1. The fourth-order valence-corrected chi connectivity index (χ4v) is 4.41. The SMILES string of the molecule is COc1c(Oc2nnc(C(F)(F)F)c(C)c2C(=O)Nc2cccc(S(C)(=O)=O)c2)ccc(C2(F)CC2)c1F. The summed E-state index contributed by atoms with van der Waals surface area (Å²) < 4.78 is 104. The first kappa shape index (κ1) is 27.2. The number of benzene rings is 2. The highest BCUT2D eigenvalue weighted by Gasteiger charge is 2.48. The van der Waals surface area contributed by atoms with Crippen molar-refractivity contribution in [3.63, 3.8) is 0 Å². The average Bonchev–Trinajstić information content (AvgIpc) is 3.56. The van der Waals surface area contributed by atoms with Crippen molar-refractivity contribution in [2.45, 2.75) is 36.5 Å². The fraction of sp³-hybridized carbons (Fsp3) is 0.292. The predicted molar refractivity (Wildman–Crippen MR) is 124 cm³/mol. The minimum atomic E-state index is -4.98. The lowest BCUT2D eigenvalue weighted by atomic mass is 10.1. The van der Waals surface area contributed by atoms with E-state index in [-0.39, 0.29) is 34.7 Å². The number of nitrogens with zero attached hydrogens (tertiary/aromatic N) is 2. The molecule has 1 fully saturated rings. The number of alkyl halides is 4. The van der Waals surface area contributed by atoms with Crippen LogP contribution in [0.1, 0.15) is 40.0 Å². The molecule has 3 aromatic rings. The summed E-state index contributed by atoms with van der Waals surface area (Å²) in [4.78, 5) is 13.0. The van der Waals surface area contributed by atoms with Crippen LogP contribution in [0, 0.1) is 12.7 Å². The van der Waals surface area contributed by atoms with Crippen LogP contribution in [0.25, 0.3) is 0 Å². The van der Waals surface area contributed by atoms with Crippen molar-refractivity contribution in [2.75, 3.05) is 18.7 Å². The van der Waals surface area contributed by atoms with Gasteiger partial charge in [-0.05, 0) is 55.7 Å². The molecule has 1 aliphatic rings. The summed E-state index contributed by atoms with van der Waals surface area (Å²) in [7, 11) is -2.57. The van der Waals surface area contributed by atoms with Gasteiger partial charge in [0.1, 0.15) is 11.2 Å². The Morgan fingerprint density at radius 3 is 2.39 bits per heavy atom. The van der Waals surface area contributed by atoms with E-state index in [1.54, 1.807) is 0 Å². The van der Waals surface area contributed by atoms with Crippen LogP contribution >= 0.6 is 0 Å². The smallest absolute Gasteiger partial charge is 0.435 e. The maximum absolute atomic E-state index is 15.0. The minimum absolute atomic E-state index is 0.0423. The van der Waals surface area contributed by atoms with E-state index in [0.29, 0.717) is 0 Å². The molecule has 202 valence electrons. The maximum atomic E-state index is 15.0. The van der Waals surface area contributed by atoms with Crippen LogP contribution in [0.3, 0.4) is 0 Å². The predicted octanol–water partition coefficient (Wildman–Crippen LogP) is 5.36. The molecule has 0 atom stereocenters. The van der Waals surface area contributed by atoms with Crippen molar-refractivity contribution >= 4 is 21.4 Å². The van der Waals surface area contributed by atoms with E-state index >= 15 is 0 Å². The molecule has 1 aromatic heterocycles. The molecule has 0 bridgehead atoms. The first-order chi connectivity index (χ1) is 17.7. The Kier molecular flexibility index (Phi) is 6.80. The number of sulfone groups is 1. The van der Waals surface area contributed by atoms with Gasteiger partial charge in [-0.15, -0.1) is 10.2 Å². The van der Waals surface area contributed by atoms with Crippen LogP contribution in [-0.2, 0) is 21.7 Å². The number of carbonyl (C=O) groups is 1. The van der Waals surface area contributed by atoms with Gasteiger partial charge in [-0.3, -0.25) is 4.79 Å². The Morgan fingerprint density at radius 1 is 1.13 bits per heavy atom. The molecule has 1 aliphatic carbocycles. The van der Waals surface area contributed by atoms with E-state index in [1.807, 2.05) is 0 Å². The number of anilines is 1. The van der Waals surface area contributed by atoms with Gasteiger partial charge < -0.3 is 14.8 Å². The van der Waals surface area contributed by atoms with Crippen LogP contribution in [-0.4, -0.2) is 37.9 Å². The standard InChI is InChI=1S/C24H20F5N3O5S/c1-12-17(21(33)30-13-5-4-6-14(11-13)38(3,34)35)22(32-31-20(12)24(27,28)29)37-16-8-7-15(23(26)9-10-23)18(25)19(16)36-2/h4-8,11H,9-10H2,1-3H3,(H,30,33). The fourth-order valence-electron chi connectivity index (χ4n) is 3.74. The van der Waals surface area contributed by atoms with Crippen LogP contribution in [0.15, 0.2) is 41.3 Å². The van der Waals surface area contributed by atoms with Gasteiger partial charge >= 0.3 is 6.18 Å². The van der Waals surface area contributed by atoms with Crippen molar-refractivity contribution in [3.8, 4) is 17.4 Å². The lowest BCUT2D eigenvalue weighted by Gasteiger charge is -2.18. The molecule has 1 heterocycles. The number of ether oxygens (including phenoxy) is 2. The number of nitrogens with one attached hydrogen (secondary N) is 1. The highest BCUT2D eigenvalue weighted by atomic mass is 32.2. The molecule has 38 heavy (non-hydrogen) atoms. The summed E-state index contributed by atoms with van der Waals surface area (Å²) in [6, 6.07) is 7.29. The molecule has 1 amide bonds. The Balaban J connectivity index is 1.78. The Labute approximate surface area is 213 Å². The molecule has 0 unspecified atom stereocenters. The highest BCUT2D eigenvalue weighted by molar-refractivity contribution is 7.90. The van der Waals surface area contributed by atoms with Crippen molar-refractivity contribution < 1.29 is 44.6 Å². The summed E-state index contributed by atoms with van der Waals surface area (Å²) in [5, 5.41) is 8.86. The lowest BCUT2D eigenvalue weighted by molar-refractivity contribution is -0.142. The lowest BCUT2D eigenvalue weighted by Crippen LogP contribution is -2.21. The molecule has 1 saturated carbocycles. The van der Waals surface area contributed by atoms with Gasteiger partial charge in [-0.25, -0.2) is 17.2 Å². The number of halogens is 5. The van der Waals surface area contributed by atoms with E-state index in [1.165, 1.54) is 18.2 Å². The van der Waals surface area contributed by atoms with E-state index in [4.69, 9.17) is 9.47 Å². The largest absolute Gasteiger partial charge is 0.490 e. The second kappa shape index (κ2) is 9.49. The third-order valence-electron chi connectivity index (χ3n) is 5.84. The highest BCUT2D eigenvalue weighted by Crippen LogP contribution is 2.52. The summed E-state index contributed by atoms with van der Waals surface area (Å²) >= 11 is 0. The molecular weight excluding hydrogens is 537 g/mol. The van der Waals surface area contributed by atoms with Crippen molar-refractivity contribution in [3.05, 3.63) is 64.6 Å². The first-order valence-corrected chi connectivity index (χ1v) is 12.8. The van der Waals surface area contributed by atoms with Crippen molar-refractivity contribution in [1.82, 2.24) is 10.2 Å². The van der Waals surface area contributed by atoms with Crippen LogP contribution in [0.4, 0.5) is 27.6 Å². The second-order valence-electron chi connectivity index (χ2n) is 8.63. The zero-order valence-corrected chi connectivity index (χ0v) is 20.9. The van der Waals surface area contributed by atoms with E-state index < -0.39 is 61.9 Å². The number of amides is 1. The van der Waals surface area contributed by atoms with Gasteiger partial charge in [-0.2, -0.15) is 13.2 Å². The van der Waals surface area contributed by atoms with Gasteiger partial charge in [0.15, 0.2) is 32.8 Å². The molecule has 1 N–H and O–H groups in total. The number of carbonyl (C=O) groups excluding carboxylic acids is 1. The van der Waals surface area contributed by atoms with Gasteiger partial charge in [0, 0.05) is 17.5 Å². The average molecular weight is 557 g/mol. The first-order valence-electron chi connectivity index (χ1n) is 11.0. The third kappa shape index (κ3) is 5.26. The van der Waals surface area contributed by atoms with Crippen molar-refractivity contribution in [2.24, 2.45) is 0 Å². The molecule has 0 aliphatic heterocycles. The van der Waals surface area contributed by atoms with Crippen LogP contribution < -0.4 is 14.8 Å². The third-order valence-corrected chi connectivity index (χ3v) is 6.95. The quantitative estimate of drug-likeness (QED) is 0.390. The monoisotopic (exact) mass is 557 g/mol. The zero-order valence-electron chi connectivity index (χ0n) is 20.1. The zero-order chi connectivity index (χ0) is 28.0. The number of rotatable bonds is 7. The molecular formula is C24H20F5N3O5S. The molecule has 0 saturated heterocycles. The van der Waals surface area contributed by atoms with Crippen LogP contribution in [0.5, 0.6) is 17.4 Å². The topological polar surface area (TPSA) is 107 Å². The van der Waals surface area contributed by atoms with Gasteiger partial charge in [-0.1, -0.05) is 6.07 Å². The molecule has 14 heteroatoms. The Hall–Kier alpha value is -3.81. The Morgan fingerprint density at radius 2 is 1.82 bits per heavy atom. The molecule has 2 aromatic carbocycles. The molecule has 0 radical (unpaired) electrons. The van der Waals surface area contributed by atoms with Gasteiger partial charge in [0.05, 0.1) is 12.0 Å². The normalized spacial score (nSPS) is 14.6. The minimum Gasteiger partial charge on any atom is -0.490 e. The van der Waals surface area contributed by atoms with E-state index in [9.17, 15) is 35.2 Å². The van der Waals surface area contributed by atoms with Crippen LogP contribution in [0.2, 0.25) is 0 Å². The van der Waals surface area contributed by atoms with Crippen molar-refractivity contribution in [1.29, 1.82) is 0 Å². The Bertz CT molecular complexity index is 1540. The number of hydrogen-bond acceptors (Lipinski definition) is 7. The summed E-state index contributed by atoms with van der Waals surface area (Å²) in [6.45, 7) is 0.965. The molecule has 8 nitrogen and oxygen atoms in total. The number of aromatic nitrogens is 2. The maximum Gasteiger partial charge on any atom is 0.435 e. The second-order valence-corrected chi connectivity index (χ2v) is 10.6. The van der Waals surface area contributed by atoms with E-state index in [2.05, 4.69) is 15.5 Å². The summed E-state index contributed by atoms with van der Waals surface area (Å²) in [6.07, 6.45) is -3.81. The number of methoxy groups -OCH3 is 1. The molecule has 0 spiro atoms. The van der Waals surface area contributed by atoms with E-state index in [0.717, 1.165) is 38.5 Å².